The van der Waals surface area contributed by atoms with Gasteiger partial charge in [-0.15, -0.1) is 0 Å². The van der Waals surface area contributed by atoms with Crippen molar-refractivity contribution < 1.29 is 9.53 Å². The summed E-state index contributed by atoms with van der Waals surface area (Å²) in [6.07, 6.45) is 4.45. The Labute approximate surface area is 133 Å². The van der Waals surface area contributed by atoms with E-state index in [1.165, 1.54) is 30.2 Å². The Hall–Kier alpha value is -1.35. The molecule has 0 N–H and O–H groups in total. The van der Waals surface area contributed by atoms with Crippen LogP contribution in [-0.4, -0.2) is 37.1 Å². The number of carbonyl (C=O) groups is 1. The van der Waals surface area contributed by atoms with E-state index in [0.29, 0.717) is 18.0 Å². The quantitative estimate of drug-likeness (QED) is 0.803. The maximum Gasteiger partial charge on any atom is 0.310 e. The van der Waals surface area contributed by atoms with Crippen LogP contribution in [0, 0.1) is 25.7 Å². The highest BCUT2D eigenvalue weighted by molar-refractivity contribution is 5.74. The van der Waals surface area contributed by atoms with E-state index in [2.05, 4.69) is 44.0 Å². The second kappa shape index (κ2) is 6.04. The predicted molar refractivity (Wildman–Crippen MR) is 87.8 cm³/mol. The highest BCUT2D eigenvalue weighted by Gasteiger charge is 2.48. The third kappa shape index (κ3) is 2.67. The van der Waals surface area contributed by atoms with Crippen molar-refractivity contribution in [3.63, 3.8) is 0 Å². The van der Waals surface area contributed by atoms with Gasteiger partial charge in [-0.3, -0.25) is 9.69 Å². The van der Waals surface area contributed by atoms with Crippen molar-refractivity contribution >= 4 is 5.97 Å². The second-order valence-electron chi connectivity index (χ2n) is 7.13. The van der Waals surface area contributed by atoms with Crippen molar-refractivity contribution in [2.45, 2.75) is 51.6 Å². The van der Waals surface area contributed by atoms with Crippen molar-refractivity contribution in [1.29, 1.82) is 0 Å². The molecule has 0 amide bonds. The SMILES string of the molecule is COC(=O)[C@H]1[C@@H](Cc2ccc(C)c(C)c2)C[C@@H]2CC[C@H]1N2C. The Balaban J connectivity index is 1.84. The highest BCUT2D eigenvalue weighted by atomic mass is 16.5. The summed E-state index contributed by atoms with van der Waals surface area (Å²) < 4.78 is 5.13. The Bertz CT molecular complexity index is 569. The predicted octanol–water partition coefficient (Wildman–Crippen LogP) is 3.12. The molecule has 1 aromatic rings. The van der Waals surface area contributed by atoms with Gasteiger partial charge in [0.25, 0.3) is 0 Å². The number of ether oxygens (including phenoxy) is 1. The lowest BCUT2D eigenvalue weighted by Gasteiger charge is -2.41. The molecule has 22 heavy (non-hydrogen) atoms. The molecule has 0 aliphatic carbocycles. The average Bonchev–Trinajstić information content (AvgIpc) is 2.73. The lowest BCUT2D eigenvalue weighted by molar-refractivity contribution is -0.152. The van der Waals surface area contributed by atoms with Crippen LogP contribution in [0.25, 0.3) is 0 Å². The third-order valence-corrected chi connectivity index (χ3v) is 5.93. The van der Waals surface area contributed by atoms with Crippen molar-refractivity contribution in [3.05, 3.63) is 34.9 Å². The summed E-state index contributed by atoms with van der Waals surface area (Å²) in [5.74, 6) is 0.407. The molecule has 0 unspecified atom stereocenters. The Morgan fingerprint density at radius 1 is 1.27 bits per heavy atom. The Morgan fingerprint density at radius 2 is 2.05 bits per heavy atom. The minimum atomic E-state index is -0.0222. The first kappa shape index (κ1) is 15.5. The van der Waals surface area contributed by atoms with Crippen LogP contribution in [0.2, 0.25) is 0 Å². The van der Waals surface area contributed by atoms with Crippen molar-refractivity contribution in [2.75, 3.05) is 14.2 Å². The van der Waals surface area contributed by atoms with Crippen LogP contribution in [0.3, 0.4) is 0 Å². The molecule has 0 spiro atoms. The van der Waals surface area contributed by atoms with Gasteiger partial charge in [-0.2, -0.15) is 0 Å². The number of nitrogens with zero attached hydrogens (tertiary/aromatic N) is 1. The molecule has 2 heterocycles. The molecule has 0 aromatic heterocycles. The van der Waals surface area contributed by atoms with E-state index in [9.17, 15) is 4.79 Å². The highest BCUT2D eigenvalue weighted by Crippen LogP contribution is 2.43. The summed E-state index contributed by atoms with van der Waals surface area (Å²) in [5.41, 5.74) is 4.02. The van der Waals surface area contributed by atoms with Gasteiger partial charge in [-0.1, -0.05) is 18.2 Å². The fraction of sp³-hybridized carbons (Fsp3) is 0.632. The van der Waals surface area contributed by atoms with Gasteiger partial charge >= 0.3 is 5.97 Å². The van der Waals surface area contributed by atoms with E-state index in [1.807, 2.05) is 0 Å². The van der Waals surface area contributed by atoms with Gasteiger partial charge in [0.1, 0.15) is 0 Å². The van der Waals surface area contributed by atoms with Crippen LogP contribution >= 0.6 is 0 Å². The molecule has 0 radical (unpaired) electrons. The lowest BCUT2D eigenvalue weighted by atomic mass is 9.76. The summed E-state index contributed by atoms with van der Waals surface area (Å²) in [4.78, 5) is 14.8. The van der Waals surface area contributed by atoms with Crippen LogP contribution in [0.1, 0.15) is 36.0 Å². The molecule has 4 atom stereocenters. The smallest absolute Gasteiger partial charge is 0.310 e. The zero-order valence-corrected chi connectivity index (χ0v) is 14.1. The minimum absolute atomic E-state index is 0.0222. The summed E-state index contributed by atoms with van der Waals surface area (Å²) in [5, 5.41) is 0. The molecular formula is C19H27NO2. The fourth-order valence-electron chi connectivity index (χ4n) is 4.50. The number of methoxy groups -OCH3 is 1. The first-order valence-electron chi connectivity index (χ1n) is 8.37. The van der Waals surface area contributed by atoms with Crippen LogP contribution in [0.5, 0.6) is 0 Å². The van der Waals surface area contributed by atoms with E-state index in [-0.39, 0.29) is 11.9 Å². The fourth-order valence-corrected chi connectivity index (χ4v) is 4.50. The van der Waals surface area contributed by atoms with E-state index in [1.54, 1.807) is 0 Å². The summed E-state index contributed by atoms with van der Waals surface area (Å²) in [7, 11) is 3.70. The summed E-state index contributed by atoms with van der Waals surface area (Å²) >= 11 is 0. The minimum Gasteiger partial charge on any atom is -0.469 e. The van der Waals surface area contributed by atoms with Crippen molar-refractivity contribution in [2.24, 2.45) is 11.8 Å². The second-order valence-corrected chi connectivity index (χ2v) is 7.13. The molecule has 2 aliphatic rings. The maximum atomic E-state index is 12.4. The summed E-state index contributed by atoms with van der Waals surface area (Å²) in [6.45, 7) is 4.31. The topological polar surface area (TPSA) is 29.5 Å². The van der Waals surface area contributed by atoms with Crippen LogP contribution < -0.4 is 0 Å². The van der Waals surface area contributed by atoms with Crippen molar-refractivity contribution in [1.82, 2.24) is 4.90 Å². The normalized spacial score (nSPS) is 31.3. The molecule has 2 aliphatic heterocycles. The number of hydrogen-bond donors (Lipinski definition) is 0. The average molecular weight is 301 g/mol. The number of aryl methyl sites for hydroxylation is 2. The van der Waals surface area contributed by atoms with Crippen LogP contribution in [0.4, 0.5) is 0 Å². The van der Waals surface area contributed by atoms with Gasteiger partial charge in [0.2, 0.25) is 0 Å². The Kier molecular flexibility index (Phi) is 4.26. The molecule has 3 heteroatoms. The molecule has 120 valence electrons. The van der Waals surface area contributed by atoms with Gasteiger partial charge in [0.15, 0.2) is 0 Å². The Morgan fingerprint density at radius 3 is 2.73 bits per heavy atom. The number of esters is 1. The van der Waals surface area contributed by atoms with Gasteiger partial charge in [0, 0.05) is 12.1 Å². The number of piperidine rings is 1. The zero-order valence-electron chi connectivity index (χ0n) is 14.1. The maximum absolute atomic E-state index is 12.4. The first-order valence-corrected chi connectivity index (χ1v) is 8.37. The molecule has 3 rings (SSSR count). The number of fused-ring (bicyclic) bond motifs is 2. The molecule has 2 fully saturated rings. The van der Waals surface area contributed by atoms with Gasteiger partial charge in [-0.25, -0.2) is 0 Å². The number of carbonyl (C=O) groups excluding carboxylic acids is 1. The van der Waals surface area contributed by atoms with Gasteiger partial charge in [-0.05, 0) is 69.2 Å². The molecular weight excluding hydrogens is 274 g/mol. The van der Waals surface area contributed by atoms with Crippen molar-refractivity contribution in [3.8, 4) is 0 Å². The van der Waals surface area contributed by atoms with E-state index in [0.717, 1.165) is 19.3 Å². The molecule has 3 nitrogen and oxygen atoms in total. The number of hydrogen-bond acceptors (Lipinski definition) is 3. The van der Waals surface area contributed by atoms with E-state index >= 15 is 0 Å². The standard InChI is InChI=1S/C19H27NO2/c1-12-5-6-14(9-13(12)2)10-15-11-16-7-8-17(20(16)3)18(15)19(21)22-4/h5-6,9,15-18H,7-8,10-11H2,1-4H3/t15-,16-,17+,18-/m0/s1. The van der Waals surface area contributed by atoms with Crippen LogP contribution in [-0.2, 0) is 16.0 Å². The first-order chi connectivity index (χ1) is 10.5. The molecule has 1 aromatic carbocycles. The van der Waals surface area contributed by atoms with E-state index < -0.39 is 0 Å². The molecule has 0 saturated carbocycles. The summed E-state index contributed by atoms with van der Waals surface area (Å²) in [6, 6.07) is 7.70. The zero-order chi connectivity index (χ0) is 15.9. The van der Waals surface area contributed by atoms with Gasteiger partial charge in [0.05, 0.1) is 13.0 Å². The van der Waals surface area contributed by atoms with Gasteiger partial charge < -0.3 is 4.74 Å². The van der Waals surface area contributed by atoms with E-state index in [4.69, 9.17) is 4.74 Å². The largest absolute Gasteiger partial charge is 0.469 e. The molecule has 2 bridgehead atoms. The monoisotopic (exact) mass is 301 g/mol. The number of benzene rings is 1. The van der Waals surface area contributed by atoms with Crippen LogP contribution in [0.15, 0.2) is 18.2 Å². The lowest BCUT2D eigenvalue weighted by Crippen LogP contribution is -2.50. The molecule has 2 saturated heterocycles. The third-order valence-electron chi connectivity index (χ3n) is 5.93. The number of rotatable bonds is 3.